The predicted octanol–water partition coefficient (Wildman–Crippen LogP) is 0.509. The van der Waals surface area contributed by atoms with Gasteiger partial charge in [0.05, 0.1) is 11.7 Å². The number of H-pyrrole nitrogens is 1. The molecular weight excluding hydrogens is 338 g/mol. The van der Waals surface area contributed by atoms with Crippen molar-refractivity contribution in [2.45, 2.75) is 0 Å². The number of nitrogens with zero attached hydrogens (tertiary/aromatic N) is 4. The number of aromatic nitrogens is 3. The lowest BCUT2D eigenvalue weighted by molar-refractivity contribution is 0.0532. The van der Waals surface area contributed by atoms with E-state index in [1.807, 2.05) is 0 Å². The molecule has 1 N–H and O–H groups in total. The molecule has 1 aliphatic heterocycles. The van der Waals surface area contributed by atoms with E-state index < -0.39 is 5.76 Å². The molecule has 0 spiro atoms. The first-order chi connectivity index (χ1) is 12.6. The fourth-order valence-electron chi connectivity index (χ4n) is 2.95. The van der Waals surface area contributed by atoms with E-state index in [-0.39, 0.29) is 11.8 Å². The van der Waals surface area contributed by atoms with E-state index >= 15 is 0 Å². The second-order valence-electron chi connectivity index (χ2n) is 5.90. The number of aromatic amines is 1. The molecule has 0 saturated carbocycles. The van der Waals surface area contributed by atoms with E-state index in [2.05, 4.69) is 15.0 Å². The number of amides is 2. The molecule has 0 radical (unpaired) electrons. The number of oxazole rings is 1. The number of hydrogen-bond donors (Lipinski definition) is 1. The molecule has 0 aliphatic carbocycles. The monoisotopic (exact) mass is 353 g/mol. The van der Waals surface area contributed by atoms with E-state index in [0.29, 0.717) is 48.5 Å². The Balaban J connectivity index is 1.44. The van der Waals surface area contributed by atoms with Crippen LogP contribution < -0.4 is 5.76 Å². The van der Waals surface area contributed by atoms with Gasteiger partial charge in [-0.3, -0.25) is 19.6 Å². The highest BCUT2D eigenvalue weighted by Crippen LogP contribution is 2.15. The first-order valence-corrected chi connectivity index (χ1v) is 8.09. The zero-order chi connectivity index (χ0) is 18.1. The summed E-state index contributed by atoms with van der Waals surface area (Å²) in [6.45, 7) is 1.69. The lowest BCUT2D eigenvalue weighted by Crippen LogP contribution is -2.50. The van der Waals surface area contributed by atoms with Gasteiger partial charge in [0.1, 0.15) is 5.69 Å². The third kappa shape index (κ3) is 2.94. The molecule has 4 rings (SSSR count). The van der Waals surface area contributed by atoms with Gasteiger partial charge in [-0.15, -0.1) is 0 Å². The molecule has 0 bridgehead atoms. The van der Waals surface area contributed by atoms with Crippen molar-refractivity contribution in [1.29, 1.82) is 0 Å². The van der Waals surface area contributed by atoms with Crippen LogP contribution in [0, 0.1) is 0 Å². The molecule has 9 heteroatoms. The van der Waals surface area contributed by atoms with Crippen LogP contribution in [0.25, 0.3) is 11.1 Å². The summed E-state index contributed by atoms with van der Waals surface area (Å²) in [5.41, 5.74) is 1.65. The van der Waals surface area contributed by atoms with Gasteiger partial charge >= 0.3 is 5.76 Å². The second-order valence-corrected chi connectivity index (χ2v) is 5.90. The first kappa shape index (κ1) is 16.0. The summed E-state index contributed by atoms with van der Waals surface area (Å²) in [5.74, 6) is -0.899. The van der Waals surface area contributed by atoms with Crippen molar-refractivity contribution in [3.05, 3.63) is 58.6 Å². The smallest absolute Gasteiger partial charge is 0.408 e. The zero-order valence-electron chi connectivity index (χ0n) is 13.7. The Bertz CT molecular complexity index is 1020. The van der Waals surface area contributed by atoms with E-state index in [0.717, 1.165) is 0 Å². The Labute approximate surface area is 147 Å². The van der Waals surface area contributed by atoms with Gasteiger partial charge in [0, 0.05) is 44.1 Å². The molecule has 3 heterocycles. The van der Waals surface area contributed by atoms with Crippen LogP contribution >= 0.6 is 0 Å². The molecule has 9 nitrogen and oxygen atoms in total. The average molecular weight is 353 g/mol. The van der Waals surface area contributed by atoms with Gasteiger partial charge in [0.2, 0.25) is 0 Å². The van der Waals surface area contributed by atoms with E-state index in [1.165, 1.54) is 18.6 Å². The summed E-state index contributed by atoms with van der Waals surface area (Å²) in [6.07, 6.45) is 4.42. The zero-order valence-corrected chi connectivity index (χ0v) is 13.7. The minimum Gasteiger partial charge on any atom is -0.408 e. The maximum Gasteiger partial charge on any atom is 0.417 e. The fraction of sp³-hybridized carbons (Fsp3) is 0.235. The standard InChI is InChI=1S/C17H15N5O4/c23-15(11-1-2-14-12(9-11)20-17(25)26-14)21-5-7-22(8-6-21)16(24)13-10-18-3-4-19-13/h1-4,9-10H,5-8H2,(H,20,25). The molecule has 26 heavy (non-hydrogen) atoms. The van der Waals surface area contributed by atoms with Crippen molar-refractivity contribution < 1.29 is 14.0 Å². The maximum atomic E-state index is 12.7. The van der Waals surface area contributed by atoms with Crippen molar-refractivity contribution in [3.8, 4) is 0 Å². The summed E-state index contributed by atoms with van der Waals surface area (Å²) in [7, 11) is 0. The van der Waals surface area contributed by atoms with Crippen LogP contribution in [0.15, 0.2) is 46.0 Å². The average Bonchev–Trinajstić information content (AvgIpc) is 3.07. The van der Waals surface area contributed by atoms with Gasteiger partial charge in [-0.2, -0.15) is 0 Å². The largest absolute Gasteiger partial charge is 0.417 e. The number of fused-ring (bicyclic) bond motifs is 1. The van der Waals surface area contributed by atoms with E-state index in [9.17, 15) is 14.4 Å². The number of nitrogens with one attached hydrogen (secondary N) is 1. The molecule has 1 saturated heterocycles. The molecule has 1 aliphatic rings. The Morgan fingerprint density at radius 2 is 1.77 bits per heavy atom. The van der Waals surface area contributed by atoms with Crippen molar-refractivity contribution in [3.63, 3.8) is 0 Å². The Hall–Kier alpha value is -3.49. The number of piperazine rings is 1. The van der Waals surface area contributed by atoms with Crippen LogP contribution in [0.5, 0.6) is 0 Å². The Morgan fingerprint density at radius 3 is 2.46 bits per heavy atom. The summed E-state index contributed by atoms with van der Waals surface area (Å²) < 4.78 is 4.94. The lowest BCUT2D eigenvalue weighted by atomic mass is 10.1. The highest BCUT2D eigenvalue weighted by Gasteiger charge is 2.26. The molecule has 1 fully saturated rings. The third-order valence-corrected chi connectivity index (χ3v) is 4.30. The SMILES string of the molecule is O=C(c1ccc2oc(=O)[nH]c2c1)N1CCN(C(=O)c2cnccn2)CC1. The summed E-state index contributed by atoms with van der Waals surface area (Å²) in [5, 5.41) is 0. The molecule has 3 aromatic rings. The summed E-state index contributed by atoms with van der Waals surface area (Å²) in [4.78, 5) is 50.1. The molecule has 0 unspecified atom stereocenters. The highest BCUT2D eigenvalue weighted by atomic mass is 16.4. The van der Waals surface area contributed by atoms with Crippen molar-refractivity contribution >= 4 is 22.9 Å². The number of hydrogen-bond acceptors (Lipinski definition) is 6. The maximum absolute atomic E-state index is 12.7. The Kier molecular flexibility index (Phi) is 3.96. The molecule has 0 atom stereocenters. The van der Waals surface area contributed by atoms with E-state index in [1.54, 1.807) is 28.0 Å². The molecule has 2 aromatic heterocycles. The van der Waals surface area contributed by atoms with Gasteiger partial charge < -0.3 is 14.2 Å². The van der Waals surface area contributed by atoms with Gasteiger partial charge in [-0.1, -0.05) is 0 Å². The van der Waals surface area contributed by atoms with Crippen LogP contribution in [0.3, 0.4) is 0 Å². The van der Waals surface area contributed by atoms with Crippen LogP contribution in [0.4, 0.5) is 0 Å². The number of carbonyl (C=O) groups is 2. The highest BCUT2D eigenvalue weighted by molar-refractivity contribution is 5.97. The van der Waals surface area contributed by atoms with Gasteiger partial charge in [-0.25, -0.2) is 9.78 Å². The quantitative estimate of drug-likeness (QED) is 0.718. The van der Waals surface area contributed by atoms with Crippen LogP contribution in [0.2, 0.25) is 0 Å². The van der Waals surface area contributed by atoms with Crippen molar-refractivity contribution in [1.82, 2.24) is 24.8 Å². The fourth-order valence-corrected chi connectivity index (χ4v) is 2.95. The first-order valence-electron chi connectivity index (χ1n) is 8.09. The van der Waals surface area contributed by atoms with Crippen molar-refractivity contribution in [2.75, 3.05) is 26.2 Å². The number of rotatable bonds is 2. The summed E-state index contributed by atoms with van der Waals surface area (Å²) in [6, 6.07) is 4.81. The minimum atomic E-state index is -0.555. The Morgan fingerprint density at radius 1 is 1.04 bits per heavy atom. The van der Waals surface area contributed by atoms with Crippen LogP contribution in [-0.4, -0.2) is 62.7 Å². The van der Waals surface area contributed by atoms with Crippen LogP contribution in [0.1, 0.15) is 20.8 Å². The van der Waals surface area contributed by atoms with Crippen molar-refractivity contribution in [2.24, 2.45) is 0 Å². The lowest BCUT2D eigenvalue weighted by Gasteiger charge is -2.34. The van der Waals surface area contributed by atoms with Gasteiger partial charge in [0.15, 0.2) is 5.58 Å². The molecular formula is C17H15N5O4. The van der Waals surface area contributed by atoms with E-state index in [4.69, 9.17) is 4.42 Å². The number of carbonyl (C=O) groups excluding carboxylic acids is 2. The van der Waals surface area contributed by atoms with Crippen LogP contribution in [-0.2, 0) is 0 Å². The van der Waals surface area contributed by atoms with Gasteiger partial charge in [-0.05, 0) is 18.2 Å². The summed E-state index contributed by atoms with van der Waals surface area (Å²) >= 11 is 0. The minimum absolute atomic E-state index is 0.152. The normalized spacial score (nSPS) is 14.6. The second kappa shape index (κ2) is 6.43. The molecule has 2 amide bonds. The van der Waals surface area contributed by atoms with Gasteiger partial charge in [0.25, 0.3) is 11.8 Å². The number of benzene rings is 1. The molecule has 132 valence electrons. The topological polar surface area (TPSA) is 112 Å². The third-order valence-electron chi connectivity index (χ3n) is 4.30. The predicted molar refractivity (Wildman–Crippen MR) is 90.7 cm³/mol. The molecule has 1 aromatic carbocycles.